The molecule has 0 aliphatic carbocycles. The van der Waals surface area contributed by atoms with E-state index in [1.54, 1.807) is 0 Å². The SMILES string of the molecule is CCO[Si](CCC(C)NCCN)(OCC)OCC. The minimum absolute atomic E-state index is 0.404. The Balaban J connectivity index is 4.27. The zero-order valence-corrected chi connectivity index (χ0v) is 13.3. The van der Waals surface area contributed by atoms with Gasteiger partial charge in [-0.2, -0.15) is 0 Å². The van der Waals surface area contributed by atoms with Crippen LogP contribution < -0.4 is 11.1 Å². The monoisotopic (exact) mass is 278 g/mol. The van der Waals surface area contributed by atoms with Crippen molar-refractivity contribution in [1.29, 1.82) is 0 Å². The Morgan fingerprint density at radius 3 is 1.94 bits per heavy atom. The molecule has 18 heavy (non-hydrogen) atoms. The summed E-state index contributed by atoms with van der Waals surface area (Å²) in [5.41, 5.74) is 5.47. The van der Waals surface area contributed by atoms with Gasteiger partial charge in [0.15, 0.2) is 0 Å². The molecular weight excluding hydrogens is 248 g/mol. The average Bonchev–Trinajstić information content (AvgIpc) is 2.35. The van der Waals surface area contributed by atoms with Crippen LogP contribution in [0.15, 0.2) is 0 Å². The van der Waals surface area contributed by atoms with Crippen molar-refractivity contribution in [2.75, 3.05) is 32.9 Å². The predicted octanol–water partition coefficient (Wildman–Crippen LogP) is 1.36. The van der Waals surface area contributed by atoms with Crippen molar-refractivity contribution in [1.82, 2.24) is 5.32 Å². The van der Waals surface area contributed by atoms with Crippen molar-refractivity contribution in [3.63, 3.8) is 0 Å². The van der Waals surface area contributed by atoms with E-state index in [1.807, 2.05) is 20.8 Å². The van der Waals surface area contributed by atoms with Crippen molar-refractivity contribution in [3.05, 3.63) is 0 Å². The normalized spacial score (nSPS) is 13.8. The first kappa shape index (κ1) is 18.0. The van der Waals surface area contributed by atoms with E-state index in [4.69, 9.17) is 19.0 Å². The van der Waals surface area contributed by atoms with Gasteiger partial charge in [0.25, 0.3) is 0 Å². The molecule has 0 amide bonds. The maximum atomic E-state index is 5.81. The van der Waals surface area contributed by atoms with E-state index < -0.39 is 8.80 Å². The summed E-state index contributed by atoms with van der Waals surface area (Å²) in [6.45, 7) is 11.5. The molecule has 110 valence electrons. The maximum Gasteiger partial charge on any atom is 0.500 e. The molecule has 0 aromatic heterocycles. The molecule has 0 saturated carbocycles. The molecule has 0 radical (unpaired) electrons. The van der Waals surface area contributed by atoms with E-state index in [0.29, 0.717) is 32.4 Å². The van der Waals surface area contributed by atoms with Gasteiger partial charge in [-0.1, -0.05) is 0 Å². The van der Waals surface area contributed by atoms with E-state index in [2.05, 4.69) is 12.2 Å². The second-order valence-corrected chi connectivity index (χ2v) is 6.90. The van der Waals surface area contributed by atoms with Crippen LogP contribution in [0.5, 0.6) is 0 Å². The number of nitrogens with two attached hydrogens (primary N) is 1. The van der Waals surface area contributed by atoms with Gasteiger partial charge < -0.3 is 24.3 Å². The smallest absolute Gasteiger partial charge is 0.374 e. The second kappa shape index (κ2) is 10.9. The lowest BCUT2D eigenvalue weighted by molar-refractivity contribution is 0.0701. The standard InChI is InChI=1S/C12H30N2O3Si/c1-5-15-18(16-6-2,17-7-3)11-8-12(4)14-10-9-13/h12,14H,5-11,13H2,1-4H3. The molecule has 1 atom stereocenters. The van der Waals surface area contributed by atoms with E-state index >= 15 is 0 Å². The summed E-state index contributed by atoms with van der Waals surface area (Å²) in [6, 6.07) is 1.25. The van der Waals surface area contributed by atoms with Crippen molar-refractivity contribution in [3.8, 4) is 0 Å². The van der Waals surface area contributed by atoms with Gasteiger partial charge in [0.05, 0.1) is 0 Å². The van der Waals surface area contributed by atoms with Crippen molar-refractivity contribution < 1.29 is 13.3 Å². The van der Waals surface area contributed by atoms with Gasteiger partial charge in [-0.3, -0.25) is 0 Å². The molecule has 5 nitrogen and oxygen atoms in total. The van der Waals surface area contributed by atoms with Gasteiger partial charge in [0.2, 0.25) is 0 Å². The Morgan fingerprint density at radius 1 is 1.06 bits per heavy atom. The zero-order valence-electron chi connectivity index (χ0n) is 12.3. The van der Waals surface area contributed by atoms with Crippen LogP contribution in [-0.4, -0.2) is 47.8 Å². The van der Waals surface area contributed by atoms with Crippen LogP contribution in [-0.2, 0) is 13.3 Å². The highest BCUT2D eigenvalue weighted by atomic mass is 28.4. The van der Waals surface area contributed by atoms with Crippen LogP contribution in [0, 0.1) is 0 Å². The van der Waals surface area contributed by atoms with Crippen LogP contribution in [0.25, 0.3) is 0 Å². The van der Waals surface area contributed by atoms with Crippen molar-refractivity contribution >= 4 is 8.80 Å². The van der Waals surface area contributed by atoms with E-state index in [-0.39, 0.29) is 0 Å². The van der Waals surface area contributed by atoms with E-state index in [1.165, 1.54) is 0 Å². The highest BCUT2D eigenvalue weighted by Crippen LogP contribution is 2.19. The van der Waals surface area contributed by atoms with E-state index in [9.17, 15) is 0 Å². The summed E-state index contributed by atoms with van der Waals surface area (Å²) in [7, 11) is -2.47. The molecule has 0 aliphatic rings. The fourth-order valence-electron chi connectivity index (χ4n) is 1.83. The van der Waals surface area contributed by atoms with Crippen LogP contribution in [0.3, 0.4) is 0 Å². The lowest BCUT2D eigenvalue weighted by Gasteiger charge is -2.29. The van der Waals surface area contributed by atoms with Gasteiger partial charge in [-0.25, -0.2) is 0 Å². The molecule has 0 saturated heterocycles. The molecule has 3 N–H and O–H groups in total. The second-order valence-electron chi connectivity index (χ2n) is 4.16. The first-order valence-corrected chi connectivity index (χ1v) is 8.92. The lowest BCUT2D eigenvalue weighted by Crippen LogP contribution is -2.47. The summed E-state index contributed by atoms with van der Waals surface area (Å²) in [5.74, 6) is 0. The molecule has 0 bridgehead atoms. The molecule has 0 aromatic rings. The maximum absolute atomic E-state index is 5.81. The quantitative estimate of drug-likeness (QED) is 0.528. The number of hydrogen-bond acceptors (Lipinski definition) is 5. The first-order chi connectivity index (χ1) is 8.64. The van der Waals surface area contributed by atoms with Crippen LogP contribution >= 0.6 is 0 Å². The summed E-state index contributed by atoms with van der Waals surface area (Å²) < 4.78 is 17.4. The van der Waals surface area contributed by atoms with Crippen molar-refractivity contribution in [2.24, 2.45) is 5.73 Å². The number of nitrogens with one attached hydrogen (secondary N) is 1. The van der Waals surface area contributed by atoms with Crippen LogP contribution in [0.2, 0.25) is 6.04 Å². The molecular formula is C12H30N2O3Si. The average molecular weight is 278 g/mol. The first-order valence-electron chi connectivity index (χ1n) is 6.99. The zero-order chi connectivity index (χ0) is 13.9. The van der Waals surface area contributed by atoms with Crippen LogP contribution in [0.4, 0.5) is 0 Å². The molecule has 0 aliphatic heterocycles. The van der Waals surface area contributed by atoms with Gasteiger partial charge in [0, 0.05) is 45.0 Å². The largest absolute Gasteiger partial charge is 0.500 e. The van der Waals surface area contributed by atoms with Gasteiger partial charge in [0.1, 0.15) is 0 Å². The Labute approximate surface area is 113 Å². The summed E-state index contributed by atoms with van der Waals surface area (Å²) in [4.78, 5) is 0. The summed E-state index contributed by atoms with van der Waals surface area (Å²) in [5, 5.41) is 3.36. The fraction of sp³-hybridized carbons (Fsp3) is 1.00. The highest BCUT2D eigenvalue weighted by Gasteiger charge is 2.40. The Kier molecular flexibility index (Phi) is 10.9. The van der Waals surface area contributed by atoms with Gasteiger partial charge >= 0.3 is 8.80 Å². The molecule has 0 rings (SSSR count). The van der Waals surface area contributed by atoms with E-state index in [0.717, 1.165) is 19.0 Å². The topological polar surface area (TPSA) is 65.7 Å². The molecule has 0 fully saturated rings. The lowest BCUT2D eigenvalue weighted by atomic mass is 10.2. The molecule has 0 heterocycles. The number of rotatable bonds is 12. The fourth-order valence-corrected chi connectivity index (χ4v) is 4.62. The molecule has 0 aromatic carbocycles. The minimum Gasteiger partial charge on any atom is -0.374 e. The summed E-state index contributed by atoms with van der Waals surface area (Å²) >= 11 is 0. The third-order valence-corrected chi connectivity index (χ3v) is 5.70. The van der Waals surface area contributed by atoms with Crippen LogP contribution in [0.1, 0.15) is 34.1 Å². The Bertz CT molecular complexity index is 179. The Hall–Kier alpha value is 0.0169. The van der Waals surface area contributed by atoms with Crippen molar-refractivity contribution in [2.45, 2.75) is 46.2 Å². The van der Waals surface area contributed by atoms with Gasteiger partial charge in [-0.05, 0) is 34.1 Å². The van der Waals surface area contributed by atoms with Gasteiger partial charge in [-0.15, -0.1) is 0 Å². The molecule has 6 heteroatoms. The third-order valence-electron chi connectivity index (χ3n) is 2.61. The number of hydrogen-bond donors (Lipinski definition) is 2. The Morgan fingerprint density at radius 2 is 1.56 bits per heavy atom. The third kappa shape index (κ3) is 7.45. The predicted molar refractivity (Wildman–Crippen MR) is 76.6 cm³/mol. The highest BCUT2D eigenvalue weighted by molar-refractivity contribution is 6.60. The molecule has 1 unspecified atom stereocenters. The minimum atomic E-state index is -2.47. The summed E-state index contributed by atoms with van der Waals surface area (Å²) in [6.07, 6.45) is 0.978. The molecule has 0 spiro atoms.